The van der Waals surface area contributed by atoms with Gasteiger partial charge in [-0.15, -0.1) is 0 Å². The first-order valence-corrected chi connectivity index (χ1v) is 21.0. The minimum Gasteiger partial charge on any atom is -0.258 e. The van der Waals surface area contributed by atoms with Gasteiger partial charge in [-0.2, -0.15) is 127 Å². The third-order valence-corrected chi connectivity index (χ3v) is 11.7. The lowest BCUT2D eigenvalue weighted by Crippen LogP contribution is -2.75. The number of rotatable bonds is 7. The van der Waals surface area contributed by atoms with Gasteiger partial charge in [0.15, 0.2) is 18.9 Å². The molecule has 0 N–H and O–H groups in total. The molecule has 0 fully saturated rings. The van der Waals surface area contributed by atoms with Crippen molar-refractivity contribution in [2.45, 2.75) is 56.0 Å². The van der Waals surface area contributed by atoms with Gasteiger partial charge in [0.25, 0.3) is 5.69 Å². The van der Waals surface area contributed by atoms with Crippen molar-refractivity contribution in [3.05, 3.63) is 200 Å². The molecule has 77 heavy (non-hydrogen) atoms. The maximum absolute atomic E-state index is 14.2. The zero-order chi connectivity index (χ0) is 57.9. The van der Waals surface area contributed by atoms with Crippen molar-refractivity contribution in [3.8, 4) is 0 Å². The van der Waals surface area contributed by atoms with E-state index in [-0.39, 0.29) is 10.6 Å². The Morgan fingerprint density at radius 2 is 0.649 bits per heavy atom. The molecule has 6 aromatic carbocycles. The predicted octanol–water partition coefficient (Wildman–Crippen LogP) is 14.3. The molecule has 0 atom stereocenters. The molecule has 0 aliphatic heterocycles. The number of pyridine rings is 1. The lowest BCUT2D eigenvalue weighted by molar-refractivity contribution is -0.687. The Balaban J connectivity index is 0.000000397. The standard InChI is InChI=1S/C32H12BF24.C16H13N2O2/c34-25(35,36)13-1-14(26(37,38)39)6-21(5-13)33(22-7-15(27(40,41)42)2-16(8-22)28(43,44)45,23-9-17(29(46,47)48)3-18(10-23)30(49,50)51)24-11-19(31(52,53)54)4-20(12-24)32(55,56)57;19-18(20)16-7-3-4-13(10-16)11-17-9-8-14-5-1-2-6-15(14)12-17/h1-12H;1-10,12H,11H2/q-1;+1. The minimum absolute atomic E-state index is 0.129. The lowest BCUT2D eigenvalue weighted by atomic mass is 9.12. The molecule has 7 rings (SSSR count). The van der Waals surface area contributed by atoms with Crippen LogP contribution >= 0.6 is 0 Å². The molecule has 0 spiro atoms. The molecule has 0 unspecified atom stereocenters. The number of hydrogen-bond donors (Lipinski definition) is 0. The van der Waals surface area contributed by atoms with E-state index in [0.717, 1.165) is 10.9 Å². The fourth-order valence-electron chi connectivity index (χ4n) is 8.33. The molecule has 1 heterocycles. The summed E-state index contributed by atoms with van der Waals surface area (Å²) >= 11 is 0. The summed E-state index contributed by atoms with van der Waals surface area (Å²) in [6.07, 6.45) is -50.8. The molecule has 0 bridgehead atoms. The second-order valence-electron chi connectivity index (χ2n) is 16.9. The monoisotopic (exact) mass is 1130 g/mol. The number of nitro benzene ring substituents is 1. The van der Waals surface area contributed by atoms with Crippen LogP contribution in [0.5, 0.6) is 0 Å². The van der Waals surface area contributed by atoms with Gasteiger partial charge in [-0.1, -0.05) is 78.9 Å². The van der Waals surface area contributed by atoms with E-state index in [4.69, 9.17) is 0 Å². The maximum atomic E-state index is 14.2. The summed E-state index contributed by atoms with van der Waals surface area (Å²) in [4.78, 5) is 10.4. The largest absolute Gasteiger partial charge is 0.416 e. The SMILES string of the molecule is FC(F)(F)c1cc([B-](c2cc(C(F)(F)F)cc(C(F)(F)F)c2)(c2cc(C(F)(F)F)cc(C(F)(F)F)c2)c2cc(C(F)(F)F)cc(C(F)(F)F)c2)cc(C(F)(F)F)c1.O=[N+]([O-])c1cccc(C[n+]2ccc3ccccc3c2)c1. The van der Waals surface area contributed by atoms with Gasteiger partial charge < -0.3 is 0 Å². The Kier molecular flexibility index (Phi) is 15.4. The van der Waals surface area contributed by atoms with Crippen molar-refractivity contribution in [3.63, 3.8) is 0 Å². The van der Waals surface area contributed by atoms with Crippen LogP contribution in [0.1, 0.15) is 50.1 Å². The minimum atomic E-state index is -6.13. The summed E-state index contributed by atoms with van der Waals surface area (Å²) in [6.45, 7) is 0.618. The first-order chi connectivity index (χ1) is 35.0. The van der Waals surface area contributed by atoms with Crippen molar-refractivity contribution in [1.82, 2.24) is 0 Å². The second-order valence-corrected chi connectivity index (χ2v) is 16.9. The van der Waals surface area contributed by atoms with E-state index in [1.807, 2.05) is 41.2 Å². The Morgan fingerprint density at radius 1 is 0.364 bits per heavy atom. The molecule has 0 saturated heterocycles. The maximum Gasteiger partial charge on any atom is 0.416 e. The summed E-state index contributed by atoms with van der Waals surface area (Å²) in [5, 5.41) is 13.1. The highest BCUT2D eigenvalue weighted by atomic mass is 19.4. The second kappa shape index (κ2) is 20.1. The van der Waals surface area contributed by atoms with E-state index in [0.29, 0.717) is 6.54 Å². The van der Waals surface area contributed by atoms with Crippen LogP contribution in [0.25, 0.3) is 10.8 Å². The van der Waals surface area contributed by atoms with Gasteiger partial charge in [0, 0.05) is 29.1 Å². The number of non-ortho nitro benzene ring substituents is 1. The highest BCUT2D eigenvalue weighted by Gasteiger charge is 2.47. The van der Waals surface area contributed by atoms with Gasteiger partial charge in [-0.05, 0) is 35.7 Å². The number of fused-ring (bicyclic) bond motifs is 1. The molecule has 4 nitrogen and oxygen atoms in total. The Bertz CT molecular complexity index is 2890. The molecule has 0 radical (unpaired) electrons. The fourth-order valence-corrected chi connectivity index (χ4v) is 8.33. The lowest BCUT2D eigenvalue weighted by Gasteiger charge is -2.46. The van der Waals surface area contributed by atoms with Gasteiger partial charge >= 0.3 is 49.4 Å². The van der Waals surface area contributed by atoms with Gasteiger partial charge in [0.2, 0.25) is 0 Å². The van der Waals surface area contributed by atoms with E-state index in [1.54, 1.807) is 12.1 Å². The van der Waals surface area contributed by atoms with Gasteiger partial charge in [-0.25, -0.2) is 4.57 Å². The van der Waals surface area contributed by atoms with Crippen LogP contribution in [0.15, 0.2) is 140 Å². The van der Waals surface area contributed by atoms with Crippen molar-refractivity contribution in [2.24, 2.45) is 0 Å². The van der Waals surface area contributed by atoms with E-state index in [1.165, 1.54) is 11.5 Å². The highest BCUT2D eigenvalue weighted by Crippen LogP contribution is 2.41. The highest BCUT2D eigenvalue weighted by molar-refractivity contribution is 7.20. The molecule has 7 aromatic rings. The average Bonchev–Trinajstić information content (AvgIpc) is 3.29. The van der Waals surface area contributed by atoms with Crippen LogP contribution in [0.4, 0.5) is 111 Å². The van der Waals surface area contributed by atoms with Crippen molar-refractivity contribution >= 4 is 44.5 Å². The summed E-state index contributed by atoms with van der Waals surface area (Å²) in [7, 11) is 0. The molecular formula is C48H25BF24N2O2. The number of halogens is 24. The summed E-state index contributed by atoms with van der Waals surface area (Å²) < 4.78 is 343. The van der Waals surface area contributed by atoms with Crippen LogP contribution in [0, 0.1) is 10.1 Å². The van der Waals surface area contributed by atoms with Crippen molar-refractivity contribution in [1.29, 1.82) is 0 Å². The van der Waals surface area contributed by atoms with Gasteiger partial charge in [0.1, 0.15) is 6.15 Å². The fraction of sp³-hybridized carbons (Fsp3) is 0.188. The van der Waals surface area contributed by atoms with Crippen molar-refractivity contribution < 1.29 is 115 Å². The number of aromatic nitrogens is 1. The number of benzene rings is 6. The van der Waals surface area contributed by atoms with Crippen LogP contribution in [0.2, 0.25) is 0 Å². The summed E-state index contributed by atoms with van der Waals surface area (Å²) in [6, 6.07) is 8.10. The number of nitro groups is 1. The number of nitrogens with zero attached hydrogens (tertiary/aromatic N) is 2. The number of alkyl halides is 24. The van der Waals surface area contributed by atoms with E-state index in [9.17, 15) is 115 Å². The predicted molar refractivity (Wildman–Crippen MR) is 226 cm³/mol. The first kappa shape index (κ1) is 58.8. The van der Waals surface area contributed by atoms with Crippen molar-refractivity contribution in [2.75, 3.05) is 0 Å². The van der Waals surface area contributed by atoms with Gasteiger partial charge in [-0.3, -0.25) is 10.1 Å². The molecule has 0 saturated carbocycles. The summed E-state index contributed by atoms with van der Waals surface area (Å²) in [5.74, 6) is 0. The molecule has 410 valence electrons. The summed E-state index contributed by atoms with van der Waals surface area (Å²) in [5.41, 5.74) is -29.2. The van der Waals surface area contributed by atoms with Crippen LogP contribution in [-0.2, 0) is 56.0 Å². The molecule has 0 aliphatic carbocycles. The Labute approximate surface area is 414 Å². The average molecular weight is 1130 g/mol. The molecule has 29 heteroatoms. The van der Waals surface area contributed by atoms with Crippen LogP contribution in [-0.4, -0.2) is 11.1 Å². The Hall–Kier alpha value is -7.49. The first-order valence-electron chi connectivity index (χ1n) is 21.0. The smallest absolute Gasteiger partial charge is 0.258 e. The Morgan fingerprint density at radius 3 is 0.922 bits per heavy atom. The van der Waals surface area contributed by atoms with Crippen LogP contribution in [0.3, 0.4) is 0 Å². The van der Waals surface area contributed by atoms with Crippen LogP contribution < -0.4 is 26.4 Å². The van der Waals surface area contributed by atoms with E-state index in [2.05, 4.69) is 12.1 Å². The van der Waals surface area contributed by atoms with Gasteiger partial charge in [0.05, 0.1) is 49.4 Å². The third kappa shape index (κ3) is 13.4. The normalized spacial score (nSPS) is 13.4. The third-order valence-electron chi connectivity index (χ3n) is 11.7. The van der Waals surface area contributed by atoms with E-state index >= 15 is 0 Å². The zero-order valence-corrected chi connectivity index (χ0v) is 37.3. The van der Waals surface area contributed by atoms with E-state index < -0.39 is 195 Å². The molecule has 1 aromatic heterocycles. The molecule has 0 amide bonds. The topological polar surface area (TPSA) is 47.0 Å². The zero-order valence-electron chi connectivity index (χ0n) is 37.3. The number of hydrogen-bond acceptors (Lipinski definition) is 2. The molecular weight excluding hydrogens is 1100 g/mol. The molecule has 0 aliphatic rings. The quantitative estimate of drug-likeness (QED) is 0.0525.